The first-order chi connectivity index (χ1) is 6.74. The second-order valence-electron chi connectivity index (χ2n) is 2.45. The standard InChI is InChI=1S/C9H11NO3S/c10-6-1-7-13-8-2-4-9(5-3-8)14(11)12/h1-5,7H,6,10H2,(H,11,12). The van der Waals surface area contributed by atoms with Gasteiger partial charge in [-0.05, 0) is 30.3 Å². The van der Waals surface area contributed by atoms with E-state index in [1.54, 1.807) is 18.2 Å². The van der Waals surface area contributed by atoms with Gasteiger partial charge in [0, 0.05) is 6.54 Å². The summed E-state index contributed by atoms with van der Waals surface area (Å²) in [5, 5.41) is 0. The molecule has 1 rings (SSSR count). The van der Waals surface area contributed by atoms with E-state index in [1.165, 1.54) is 18.4 Å². The third kappa shape index (κ3) is 3.29. The van der Waals surface area contributed by atoms with Crippen LogP contribution in [-0.4, -0.2) is 15.3 Å². The normalized spacial score (nSPS) is 13.0. The summed E-state index contributed by atoms with van der Waals surface area (Å²) in [7, 11) is 0. The molecule has 0 saturated carbocycles. The van der Waals surface area contributed by atoms with Crippen molar-refractivity contribution >= 4 is 11.1 Å². The Bertz CT molecular complexity index is 334. The Kier molecular flexibility index (Phi) is 4.31. The molecule has 76 valence electrons. The first-order valence-electron chi connectivity index (χ1n) is 3.96. The molecule has 1 unspecified atom stereocenters. The highest BCUT2D eigenvalue weighted by atomic mass is 32.2. The van der Waals surface area contributed by atoms with E-state index in [0.717, 1.165) is 0 Å². The summed E-state index contributed by atoms with van der Waals surface area (Å²) >= 11 is -1.94. The predicted molar refractivity (Wildman–Crippen MR) is 54.3 cm³/mol. The molecular formula is C9H11NO3S. The maximum absolute atomic E-state index is 10.6. The van der Waals surface area contributed by atoms with Crippen molar-refractivity contribution in [3.63, 3.8) is 0 Å². The number of ether oxygens (including phenoxy) is 1. The highest BCUT2D eigenvalue weighted by molar-refractivity contribution is 7.79. The Hall–Kier alpha value is -1.17. The van der Waals surface area contributed by atoms with Crippen LogP contribution in [0.4, 0.5) is 0 Å². The molecule has 0 saturated heterocycles. The van der Waals surface area contributed by atoms with Gasteiger partial charge in [0.2, 0.25) is 0 Å². The van der Waals surface area contributed by atoms with E-state index in [2.05, 4.69) is 0 Å². The first-order valence-corrected chi connectivity index (χ1v) is 5.07. The lowest BCUT2D eigenvalue weighted by molar-refractivity contribution is 0.479. The minimum atomic E-state index is -1.94. The molecule has 1 aromatic rings. The van der Waals surface area contributed by atoms with E-state index >= 15 is 0 Å². The van der Waals surface area contributed by atoms with Crippen LogP contribution >= 0.6 is 0 Å². The molecule has 0 aromatic heterocycles. The van der Waals surface area contributed by atoms with E-state index in [4.69, 9.17) is 15.0 Å². The second-order valence-corrected chi connectivity index (χ2v) is 3.42. The molecule has 0 heterocycles. The zero-order valence-electron chi connectivity index (χ0n) is 7.42. The third-order valence-corrected chi connectivity index (χ3v) is 2.14. The summed E-state index contributed by atoms with van der Waals surface area (Å²) in [4.78, 5) is 0.347. The van der Waals surface area contributed by atoms with Crippen molar-refractivity contribution in [2.24, 2.45) is 5.73 Å². The lowest BCUT2D eigenvalue weighted by Gasteiger charge is -2.00. The summed E-state index contributed by atoms with van der Waals surface area (Å²) in [6, 6.07) is 6.29. The second kappa shape index (κ2) is 5.54. The average molecular weight is 213 g/mol. The van der Waals surface area contributed by atoms with Gasteiger partial charge < -0.3 is 15.0 Å². The third-order valence-electron chi connectivity index (χ3n) is 1.46. The molecule has 1 atom stereocenters. The minimum Gasteiger partial charge on any atom is -0.465 e. The van der Waals surface area contributed by atoms with Crippen LogP contribution in [0.25, 0.3) is 0 Å². The van der Waals surface area contributed by atoms with Crippen molar-refractivity contribution in [2.75, 3.05) is 6.54 Å². The van der Waals surface area contributed by atoms with E-state index < -0.39 is 11.1 Å². The van der Waals surface area contributed by atoms with Crippen LogP contribution in [0.15, 0.2) is 41.5 Å². The molecule has 0 aliphatic heterocycles. The van der Waals surface area contributed by atoms with E-state index in [-0.39, 0.29) is 0 Å². The molecule has 4 nitrogen and oxygen atoms in total. The summed E-state index contributed by atoms with van der Waals surface area (Å²) in [6.45, 7) is 0.415. The van der Waals surface area contributed by atoms with Crippen molar-refractivity contribution in [1.29, 1.82) is 0 Å². The van der Waals surface area contributed by atoms with E-state index in [9.17, 15) is 4.21 Å². The Morgan fingerprint density at radius 3 is 2.57 bits per heavy atom. The van der Waals surface area contributed by atoms with Crippen LogP contribution < -0.4 is 10.5 Å². The van der Waals surface area contributed by atoms with Gasteiger partial charge in [0.25, 0.3) is 0 Å². The van der Waals surface area contributed by atoms with Crippen LogP contribution in [0.3, 0.4) is 0 Å². The average Bonchev–Trinajstić information content (AvgIpc) is 2.19. The van der Waals surface area contributed by atoms with Gasteiger partial charge in [0.15, 0.2) is 11.1 Å². The van der Waals surface area contributed by atoms with Crippen molar-refractivity contribution < 1.29 is 13.5 Å². The number of hydrogen-bond acceptors (Lipinski definition) is 3. The van der Waals surface area contributed by atoms with Gasteiger partial charge in [-0.1, -0.05) is 0 Å². The summed E-state index contributed by atoms with van der Waals surface area (Å²) < 4.78 is 24.5. The van der Waals surface area contributed by atoms with Crippen LogP contribution in [0.2, 0.25) is 0 Å². The summed E-state index contributed by atoms with van der Waals surface area (Å²) in [5.74, 6) is 0.601. The Labute approximate surface area is 84.7 Å². The first kappa shape index (κ1) is 10.9. The van der Waals surface area contributed by atoms with E-state index in [1.807, 2.05) is 0 Å². The topological polar surface area (TPSA) is 72.5 Å². The van der Waals surface area contributed by atoms with Gasteiger partial charge in [-0.25, -0.2) is 4.21 Å². The molecule has 3 N–H and O–H groups in total. The zero-order valence-corrected chi connectivity index (χ0v) is 8.24. The van der Waals surface area contributed by atoms with Crippen molar-refractivity contribution in [3.05, 3.63) is 36.6 Å². The number of hydrogen-bond donors (Lipinski definition) is 2. The van der Waals surface area contributed by atoms with Crippen molar-refractivity contribution in [3.8, 4) is 5.75 Å². The molecular weight excluding hydrogens is 202 g/mol. The highest BCUT2D eigenvalue weighted by Gasteiger charge is 1.98. The van der Waals surface area contributed by atoms with Crippen LogP contribution in [-0.2, 0) is 11.1 Å². The Balaban J connectivity index is 2.64. The van der Waals surface area contributed by atoms with Crippen LogP contribution in [0.5, 0.6) is 5.75 Å². The molecule has 0 aliphatic carbocycles. The monoisotopic (exact) mass is 213 g/mol. The van der Waals surface area contributed by atoms with Crippen molar-refractivity contribution in [1.82, 2.24) is 0 Å². The SMILES string of the molecule is NCC=COc1ccc(S(=O)O)cc1. The number of benzene rings is 1. The summed E-state index contributed by atoms with van der Waals surface area (Å²) in [6.07, 6.45) is 3.14. The molecule has 14 heavy (non-hydrogen) atoms. The highest BCUT2D eigenvalue weighted by Crippen LogP contribution is 2.13. The minimum absolute atomic E-state index is 0.347. The Morgan fingerprint density at radius 2 is 2.07 bits per heavy atom. The zero-order chi connectivity index (χ0) is 10.4. The Morgan fingerprint density at radius 1 is 1.43 bits per heavy atom. The molecule has 0 fully saturated rings. The molecule has 5 heteroatoms. The molecule has 0 amide bonds. The fourth-order valence-electron chi connectivity index (χ4n) is 0.817. The van der Waals surface area contributed by atoms with Gasteiger partial charge in [0.05, 0.1) is 11.2 Å². The van der Waals surface area contributed by atoms with Gasteiger partial charge in [-0.15, -0.1) is 0 Å². The quantitative estimate of drug-likeness (QED) is 0.580. The van der Waals surface area contributed by atoms with Gasteiger partial charge >= 0.3 is 0 Å². The molecule has 0 spiro atoms. The van der Waals surface area contributed by atoms with Crippen molar-refractivity contribution in [2.45, 2.75) is 4.90 Å². The largest absolute Gasteiger partial charge is 0.465 e. The predicted octanol–water partition coefficient (Wildman–Crippen LogP) is 1.12. The van der Waals surface area contributed by atoms with Crippen LogP contribution in [0.1, 0.15) is 0 Å². The van der Waals surface area contributed by atoms with Gasteiger partial charge in [-0.2, -0.15) is 0 Å². The van der Waals surface area contributed by atoms with E-state index in [0.29, 0.717) is 17.2 Å². The number of rotatable bonds is 4. The fraction of sp³-hybridized carbons (Fsp3) is 0.111. The molecule has 1 aromatic carbocycles. The maximum atomic E-state index is 10.6. The fourth-order valence-corrected chi connectivity index (χ4v) is 1.19. The smallest absolute Gasteiger partial charge is 0.186 e. The molecule has 0 bridgehead atoms. The summed E-state index contributed by atoms with van der Waals surface area (Å²) in [5.41, 5.74) is 5.22. The molecule has 0 aliphatic rings. The van der Waals surface area contributed by atoms with Gasteiger partial charge in [-0.3, -0.25) is 0 Å². The lowest BCUT2D eigenvalue weighted by atomic mass is 10.3. The molecule has 0 radical (unpaired) electrons. The van der Waals surface area contributed by atoms with Crippen LogP contribution in [0, 0.1) is 0 Å². The maximum Gasteiger partial charge on any atom is 0.186 e. The number of nitrogens with two attached hydrogens (primary N) is 1. The van der Waals surface area contributed by atoms with Gasteiger partial charge in [0.1, 0.15) is 5.75 Å². The lowest BCUT2D eigenvalue weighted by Crippen LogP contribution is -1.94.